The fourth-order valence-electron chi connectivity index (χ4n) is 3.67. The molecule has 0 bridgehead atoms. The van der Waals surface area contributed by atoms with Gasteiger partial charge in [0, 0.05) is 54.3 Å². The fourth-order valence-corrected chi connectivity index (χ4v) is 3.67. The quantitative estimate of drug-likeness (QED) is 0.800. The number of amides is 1. The molecule has 25 heavy (non-hydrogen) atoms. The third kappa shape index (κ3) is 2.90. The molecule has 5 heteroatoms. The second-order valence-electron chi connectivity index (χ2n) is 6.76. The minimum Gasteiger partial charge on any atom is -0.361 e. The first-order chi connectivity index (χ1) is 12.1. The number of benzene rings is 1. The average Bonchev–Trinajstić information content (AvgIpc) is 3.04. The van der Waals surface area contributed by atoms with Crippen LogP contribution in [0.15, 0.2) is 30.7 Å². The molecule has 0 saturated carbocycles. The Balaban J connectivity index is 1.46. The van der Waals surface area contributed by atoms with Crippen molar-refractivity contribution in [3.05, 3.63) is 58.8 Å². The highest BCUT2D eigenvalue weighted by atomic mass is 16.2. The van der Waals surface area contributed by atoms with Crippen molar-refractivity contribution in [2.24, 2.45) is 0 Å². The van der Waals surface area contributed by atoms with E-state index < -0.39 is 0 Å². The maximum atomic E-state index is 12.7. The Morgan fingerprint density at radius 1 is 1.28 bits per heavy atom. The van der Waals surface area contributed by atoms with Crippen molar-refractivity contribution < 1.29 is 4.79 Å². The number of aryl methyl sites for hydroxylation is 3. The highest BCUT2D eigenvalue weighted by Gasteiger charge is 2.23. The number of para-hydroxylation sites is 1. The normalized spacial score (nSPS) is 13.9. The Bertz CT molecular complexity index is 944. The van der Waals surface area contributed by atoms with Crippen molar-refractivity contribution in [3.8, 4) is 0 Å². The first-order valence-corrected chi connectivity index (χ1v) is 8.76. The van der Waals surface area contributed by atoms with Gasteiger partial charge in [-0.3, -0.25) is 4.79 Å². The van der Waals surface area contributed by atoms with Gasteiger partial charge in [-0.05, 0) is 31.4 Å². The summed E-state index contributed by atoms with van der Waals surface area (Å²) in [5.41, 5.74) is 6.80. The molecule has 1 aromatic carbocycles. The molecule has 3 aromatic rings. The van der Waals surface area contributed by atoms with Gasteiger partial charge in [0.05, 0.1) is 5.69 Å². The molecule has 0 radical (unpaired) electrons. The zero-order valence-electron chi connectivity index (χ0n) is 14.7. The predicted molar refractivity (Wildman–Crippen MR) is 97.2 cm³/mol. The molecule has 1 N–H and O–H groups in total. The molecule has 1 aliphatic heterocycles. The van der Waals surface area contributed by atoms with Crippen LogP contribution in [-0.2, 0) is 24.2 Å². The number of aromatic amines is 1. The minimum absolute atomic E-state index is 0.205. The van der Waals surface area contributed by atoms with Gasteiger partial charge >= 0.3 is 0 Å². The number of carbonyl (C=O) groups is 1. The molecule has 0 unspecified atom stereocenters. The van der Waals surface area contributed by atoms with Crippen molar-refractivity contribution >= 4 is 16.8 Å². The molecule has 0 fully saturated rings. The Morgan fingerprint density at radius 2 is 2.16 bits per heavy atom. The van der Waals surface area contributed by atoms with Crippen LogP contribution in [0, 0.1) is 13.8 Å². The number of hydrogen-bond acceptors (Lipinski definition) is 3. The number of fused-ring (bicyclic) bond motifs is 2. The molecule has 0 aliphatic carbocycles. The largest absolute Gasteiger partial charge is 0.361 e. The Morgan fingerprint density at radius 3 is 3.04 bits per heavy atom. The molecule has 3 heterocycles. The lowest BCUT2D eigenvalue weighted by Gasteiger charge is -2.29. The van der Waals surface area contributed by atoms with Gasteiger partial charge in [-0.15, -0.1) is 0 Å². The second kappa shape index (κ2) is 6.31. The smallest absolute Gasteiger partial charge is 0.223 e. The number of nitrogens with zero attached hydrogens (tertiary/aromatic N) is 3. The summed E-state index contributed by atoms with van der Waals surface area (Å²) in [6.07, 6.45) is 5.76. The van der Waals surface area contributed by atoms with E-state index in [1.54, 1.807) is 6.33 Å². The molecule has 2 aromatic heterocycles. The predicted octanol–water partition coefficient (Wildman–Crippen LogP) is 3.09. The lowest BCUT2D eigenvalue weighted by molar-refractivity contribution is -0.132. The SMILES string of the molecule is Cc1ncnc2c1CN(C(=O)CCc1c[nH]c3c(C)cccc13)CC2. The molecule has 4 rings (SSSR count). The van der Waals surface area contributed by atoms with E-state index in [0.29, 0.717) is 13.0 Å². The van der Waals surface area contributed by atoms with E-state index in [1.807, 2.05) is 18.0 Å². The van der Waals surface area contributed by atoms with Crippen LogP contribution in [0.2, 0.25) is 0 Å². The van der Waals surface area contributed by atoms with Gasteiger partial charge in [0.15, 0.2) is 0 Å². The molecule has 0 saturated heterocycles. The fraction of sp³-hybridized carbons (Fsp3) is 0.350. The monoisotopic (exact) mass is 334 g/mol. The molecule has 5 nitrogen and oxygen atoms in total. The first-order valence-electron chi connectivity index (χ1n) is 8.76. The van der Waals surface area contributed by atoms with E-state index >= 15 is 0 Å². The van der Waals surface area contributed by atoms with Crippen LogP contribution >= 0.6 is 0 Å². The number of H-pyrrole nitrogens is 1. The van der Waals surface area contributed by atoms with E-state index in [-0.39, 0.29) is 5.91 Å². The lowest BCUT2D eigenvalue weighted by Crippen LogP contribution is -2.37. The standard InChI is InChI=1S/C20H22N4O/c1-13-4-3-5-16-15(10-21-20(13)16)6-7-19(25)24-9-8-18-17(11-24)14(2)22-12-23-18/h3-5,10,12,21H,6-9,11H2,1-2H3. The number of carbonyl (C=O) groups excluding carboxylic acids is 1. The van der Waals surface area contributed by atoms with E-state index in [1.165, 1.54) is 22.0 Å². The number of hydrogen-bond donors (Lipinski definition) is 1. The van der Waals surface area contributed by atoms with Gasteiger partial charge in [0.1, 0.15) is 6.33 Å². The summed E-state index contributed by atoms with van der Waals surface area (Å²) in [6.45, 7) is 5.47. The van der Waals surface area contributed by atoms with Crippen molar-refractivity contribution in [3.63, 3.8) is 0 Å². The van der Waals surface area contributed by atoms with Crippen LogP contribution in [0.5, 0.6) is 0 Å². The molecular formula is C20H22N4O. The number of nitrogens with one attached hydrogen (secondary N) is 1. The van der Waals surface area contributed by atoms with Crippen LogP contribution in [0.4, 0.5) is 0 Å². The maximum absolute atomic E-state index is 12.7. The Labute approximate surface area is 147 Å². The molecule has 0 atom stereocenters. The molecular weight excluding hydrogens is 312 g/mol. The van der Waals surface area contributed by atoms with Crippen molar-refractivity contribution in [2.45, 2.75) is 39.7 Å². The van der Waals surface area contributed by atoms with Crippen LogP contribution in [0.3, 0.4) is 0 Å². The van der Waals surface area contributed by atoms with Crippen LogP contribution in [-0.4, -0.2) is 32.3 Å². The van der Waals surface area contributed by atoms with E-state index in [0.717, 1.165) is 36.3 Å². The summed E-state index contributed by atoms with van der Waals surface area (Å²) in [4.78, 5) is 26.6. The summed E-state index contributed by atoms with van der Waals surface area (Å²) in [5.74, 6) is 0.205. The summed E-state index contributed by atoms with van der Waals surface area (Å²) in [7, 11) is 0. The zero-order chi connectivity index (χ0) is 17.4. The van der Waals surface area contributed by atoms with Crippen molar-refractivity contribution in [1.82, 2.24) is 19.9 Å². The third-order valence-corrected chi connectivity index (χ3v) is 5.19. The minimum atomic E-state index is 0.205. The zero-order valence-corrected chi connectivity index (χ0v) is 14.7. The molecule has 0 spiro atoms. The average molecular weight is 334 g/mol. The van der Waals surface area contributed by atoms with Gasteiger partial charge in [-0.2, -0.15) is 0 Å². The highest BCUT2D eigenvalue weighted by Crippen LogP contribution is 2.23. The van der Waals surface area contributed by atoms with Gasteiger partial charge in [-0.25, -0.2) is 9.97 Å². The van der Waals surface area contributed by atoms with Gasteiger partial charge in [-0.1, -0.05) is 18.2 Å². The van der Waals surface area contributed by atoms with Crippen molar-refractivity contribution in [2.75, 3.05) is 6.54 Å². The molecule has 1 amide bonds. The van der Waals surface area contributed by atoms with E-state index in [4.69, 9.17) is 0 Å². The molecule has 1 aliphatic rings. The number of rotatable bonds is 3. The van der Waals surface area contributed by atoms with Crippen LogP contribution < -0.4 is 0 Å². The summed E-state index contributed by atoms with van der Waals surface area (Å²) < 4.78 is 0. The summed E-state index contributed by atoms with van der Waals surface area (Å²) in [6, 6.07) is 6.29. The Hall–Kier alpha value is -2.69. The van der Waals surface area contributed by atoms with Crippen LogP contribution in [0.1, 0.15) is 34.5 Å². The van der Waals surface area contributed by atoms with Crippen LogP contribution in [0.25, 0.3) is 10.9 Å². The van der Waals surface area contributed by atoms with Gasteiger partial charge in [0.25, 0.3) is 0 Å². The van der Waals surface area contributed by atoms with Crippen molar-refractivity contribution in [1.29, 1.82) is 0 Å². The molecule has 128 valence electrons. The first kappa shape index (κ1) is 15.8. The Kier molecular flexibility index (Phi) is 3.99. The van der Waals surface area contributed by atoms with E-state index in [9.17, 15) is 4.79 Å². The number of aromatic nitrogens is 3. The lowest BCUT2D eigenvalue weighted by atomic mass is 10.0. The second-order valence-corrected chi connectivity index (χ2v) is 6.76. The topological polar surface area (TPSA) is 61.9 Å². The third-order valence-electron chi connectivity index (χ3n) is 5.19. The van der Waals surface area contributed by atoms with Gasteiger partial charge < -0.3 is 9.88 Å². The van der Waals surface area contributed by atoms with Gasteiger partial charge in [0.2, 0.25) is 5.91 Å². The highest BCUT2D eigenvalue weighted by molar-refractivity contribution is 5.86. The maximum Gasteiger partial charge on any atom is 0.223 e. The summed E-state index contributed by atoms with van der Waals surface area (Å²) >= 11 is 0. The van der Waals surface area contributed by atoms with E-state index in [2.05, 4.69) is 40.1 Å². The summed E-state index contributed by atoms with van der Waals surface area (Å²) in [5, 5.41) is 1.22.